The molecule has 0 spiro atoms. The lowest BCUT2D eigenvalue weighted by Crippen LogP contribution is -2.46. The fraction of sp³-hybridized carbons (Fsp3) is 0.0833. The minimum absolute atomic E-state index is 0.0191. The Balaban J connectivity index is 1.79. The molecule has 34 heavy (non-hydrogen) atoms. The molecule has 172 valence electrons. The molecule has 0 aliphatic carbocycles. The molecule has 1 aromatic heterocycles. The zero-order chi connectivity index (χ0) is 24.2. The standard InChI is InChI=1S/C24H17F3N4O3/c25-17-11-9-15(10-12-17)13-28-22(32)21-23(33)30(14-16-5-1-2-6-18(16)26)24(34)31(29-21)20-8-4-3-7-19(20)27/h1-12H,13-14H2,(H,28,32). The first-order chi connectivity index (χ1) is 16.3. The topological polar surface area (TPSA) is 86.0 Å². The van der Waals surface area contributed by atoms with Gasteiger partial charge < -0.3 is 5.32 Å². The van der Waals surface area contributed by atoms with Crippen LogP contribution in [0.4, 0.5) is 13.2 Å². The van der Waals surface area contributed by atoms with E-state index in [9.17, 15) is 27.6 Å². The second kappa shape index (κ2) is 9.57. The van der Waals surface area contributed by atoms with E-state index in [-0.39, 0.29) is 17.8 Å². The summed E-state index contributed by atoms with van der Waals surface area (Å²) in [5.74, 6) is -2.87. The second-order valence-corrected chi connectivity index (χ2v) is 7.29. The van der Waals surface area contributed by atoms with Crippen LogP contribution in [0.1, 0.15) is 21.6 Å². The Morgan fingerprint density at radius 3 is 2.18 bits per heavy atom. The van der Waals surface area contributed by atoms with Crippen molar-refractivity contribution in [1.82, 2.24) is 19.7 Å². The van der Waals surface area contributed by atoms with Gasteiger partial charge in [0.1, 0.15) is 23.1 Å². The van der Waals surface area contributed by atoms with Crippen LogP contribution in [-0.2, 0) is 13.1 Å². The van der Waals surface area contributed by atoms with Crippen molar-refractivity contribution in [2.45, 2.75) is 13.1 Å². The molecule has 0 fully saturated rings. The van der Waals surface area contributed by atoms with Crippen molar-refractivity contribution in [3.8, 4) is 5.69 Å². The van der Waals surface area contributed by atoms with Crippen LogP contribution in [0.25, 0.3) is 5.69 Å². The Labute approximate surface area is 190 Å². The summed E-state index contributed by atoms with van der Waals surface area (Å²) in [4.78, 5) is 38.9. The van der Waals surface area contributed by atoms with E-state index in [1.165, 1.54) is 60.7 Å². The Hall–Kier alpha value is -4.47. The van der Waals surface area contributed by atoms with Gasteiger partial charge in [0.2, 0.25) is 5.69 Å². The number of aromatic nitrogens is 3. The van der Waals surface area contributed by atoms with Gasteiger partial charge in [-0.3, -0.25) is 14.2 Å². The van der Waals surface area contributed by atoms with Crippen LogP contribution >= 0.6 is 0 Å². The van der Waals surface area contributed by atoms with Crippen molar-refractivity contribution in [3.63, 3.8) is 0 Å². The number of hydrogen-bond donors (Lipinski definition) is 1. The predicted molar refractivity (Wildman–Crippen MR) is 117 cm³/mol. The fourth-order valence-corrected chi connectivity index (χ4v) is 3.24. The van der Waals surface area contributed by atoms with Gasteiger partial charge in [-0.25, -0.2) is 18.0 Å². The van der Waals surface area contributed by atoms with Crippen LogP contribution < -0.4 is 16.6 Å². The summed E-state index contributed by atoms with van der Waals surface area (Å²) in [7, 11) is 0. The molecular weight excluding hydrogens is 449 g/mol. The number of carbonyl (C=O) groups is 1. The number of carbonyl (C=O) groups excluding carboxylic acids is 1. The molecular formula is C24H17F3N4O3. The summed E-state index contributed by atoms with van der Waals surface area (Å²) in [5.41, 5.74) is -2.54. The molecule has 4 rings (SSSR count). The smallest absolute Gasteiger partial charge is 0.346 e. The zero-order valence-corrected chi connectivity index (χ0v) is 17.5. The molecule has 0 bridgehead atoms. The van der Waals surface area contributed by atoms with Crippen molar-refractivity contribution >= 4 is 5.91 Å². The first kappa shape index (κ1) is 22.7. The van der Waals surface area contributed by atoms with E-state index in [2.05, 4.69) is 10.4 Å². The lowest BCUT2D eigenvalue weighted by atomic mass is 10.2. The van der Waals surface area contributed by atoms with Crippen LogP contribution in [0, 0.1) is 17.5 Å². The number of rotatable bonds is 6. The molecule has 7 nitrogen and oxygen atoms in total. The van der Waals surface area contributed by atoms with E-state index in [1.54, 1.807) is 0 Å². The van der Waals surface area contributed by atoms with Crippen LogP contribution in [0.15, 0.2) is 82.4 Å². The zero-order valence-electron chi connectivity index (χ0n) is 17.5. The van der Waals surface area contributed by atoms with Crippen molar-refractivity contribution in [3.05, 3.63) is 128 Å². The van der Waals surface area contributed by atoms with Gasteiger partial charge in [0.25, 0.3) is 11.5 Å². The molecule has 4 aromatic rings. The number of nitrogens with zero attached hydrogens (tertiary/aromatic N) is 3. The van der Waals surface area contributed by atoms with E-state index < -0.39 is 46.8 Å². The maximum Gasteiger partial charge on any atom is 0.352 e. The first-order valence-electron chi connectivity index (χ1n) is 10.1. The molecule has 10 heteroatoms. The minimum atomic E-state index is -1.07. The number of hydrogen-bond acceptors (Lipinski definition) is 4. The third-order valence-electron chi connectivity index (χ3n) is 5.01. The minimum Gasteiger partial charge on any atom is -0.346 e. The molecule has 1 heterocycles. The normalized spacial score (nSPS) is 10.8. The summed E-state index contributed by atoms with van der Waals surface area (Å²) in [5, 5.41) is 6.29. The summed E-state index contributed by atoms with van der Waals surface area (Å²) < 4.78 is 43.0. The molecule has 0 aliphatic rings. The number of amides is 1. The molecule has 0 radical (unpaired) electrons. The van der Waals surface area contributed by atoms with Crippen molar-refractivity contribution in [2.24, 2.45) is 0 Å². The Morgan fingerprint density at radius 2 is 1.50 bits per heavy atom. The maximum absolute atomic E-state index is 14.4. The molecule has 0 unspecified atom stereocenters. The van der Waals surface area contributed by atoms with Gasteiger partial charge in [0, 0.05) is 12.1 Å². The highest BCUT2D eigenvalue weighted by atomic mass is 19.1. The van der Waals surface area contributed by atoms with E-state index in [4.69, 9.17) is 0 Å². The van der Waals surface area contributed by atoms with Crippen molar-refractivity contribution < 1.29 is 18.0 Å². The van der Waals surface area contributed by atoms with Crippen LogP contribution in [-0.4, -0.2) is 20.3 Å². The van der Waals surface area contributed by atoms with Crippen LogP contribution in [0.2, 0.25) is 0 Å². The number of benzene rings is 3. The average Bonchev–Trinajstić information content (AvgIpc) is 2.83. The van der Waals surface area contributed by atoms with Crippen molar-refractivity contribution in [2.75, 3.05) is 0 Å². The van der Waals surface area contributed by atoms with Gasteiger partial charge in [-0.05, 0) is 35.9 Å². The van der Waals surface area contributed by atoms with E-state index in [0.29, 0.717) is 14.8 Å². The van der Waals surface area contributed by atoms with Gasteiger partial charge in [0.15, 0.2) is 0 Å². The molecule has 3 aromatic carbocycles. The molecule has 0 aliphatic heterocycles. The summed E-state index contributed by atoms with van der Waals surface area (Å²) >= 11 is 0. The van der Waals surface area contributed by atoms with Gasteiger partial charge >= 0.3 is 5.69 Å². The molecule has 0 atom stereocenters. The molecule has 0 saturated heterocycles. The largest absolute Gasteiger partial charge is 0.352 e. The summed E-state index contributed by atoms with van der Waals surface area (Å²) in [6, 6.07) is 16.0. The third kappa shape index (κ3) is 4.65. The summed E-state index contributed by atoms with van der Waals surface area (Å²) in [6.07, 6.45) is 0. The van der Waals surface area contributed by atoms with Gasteiger partial charge in [0.05, 0.1) is 6.54 Å². The monoisotopic (exact) mass is 466 g/mol. The maximum atomic E-state index is 14.4. The van der Waals surface area contributed by atoms with E-state index >= 15 is 0 Å². The number of para-hydroxylation sites is 1. The van der Waals surface area contributed by atoms with E-state index in [0.717, 1.165) is 12.1 Å². The van der Waals surface area contributed by atoms with Gasteiger partial charge in [-0.1, -0.05) is 42.5 Å². The number of halogens is 3. The predicted octanol–water partition coefficient (Wildman–Crippen LogP) is 2.79. The molecule has 1 N–H and O–H groups in total. The SMILES string of the molecule is O=C(NCc1ccc(F)cc1)c1nn(-c2ccccc2F)c(=O)n(Cc2ccccc2F)c1=O. The van der Waals surface area contributed by atoms with E-state index in [1.807, 2.05) is 0 Å². The highest BCUT2D eigenvalue weighted by Crippen LogP contribution is 2.10. The number of nitrogens with one attached hydrogen (secondary N) is 1. The van der Waals surface area contributed by atoms with Gasteiger partial charge in [-0.15, -0.1) is 0 Å². The lowest BCUT2D eigenvalue weighted by molar-refractivity contribution is 0.0941. The quantitative estimate of drug-likeness (QED) is 0.474. The van der Waals surface area contributed by atoms with Crippen molar-refractivity contribution in [1.29, 1.82) is 0 Å². The average molecular weight is 466 g/mol. The van der Waals surface area contributed by atoms with Crippen LogP contribution in [0.5, 0.6) is 0 Å². The Bertz CT molecular complexity index is 1480. The summed E-state index contributed by atoms with van der Waals surface area (Å²) in [6.45, 7) is -0.564. The molecule has 1 amide bonds. The second-order valence-electron chi connectivity index (χ2n) is 7.29. The Morgan fingerprint density at radius 1 is 0.853 bits per heavy atom. The fourth-order valence-electron chi connectivity index (χ4n) is 3.24. The highest BCUT2D eigenvalue weighted by molar-refractivity contribution is 5.91. The first-order valence-corrected chi connectivity index (χ1v) is 10.1. The highest BCUT2D eigenvalue weighted by Gasteiger charge is 2.22. The lowest BCUT2D eigenvalue weighted by Gasteiger charge is -2.13. The molecule has 0 saturated carbocycles. The van der Waals surface area contributed by atoms with Crippen LogP contribution in [0.3, 0.4) is 0 Å². The van der Waals surface area contributed by atoms with Gasteiger partial charge in [-0.2, -0.15) is 9.78 Å². The third-order valence-corrected chi connectivity index (χ3v) is 5.01. The Kier molecular flexibility index (Phi) is 6.39.